The molecule has 0 radical (unpaired) electrons. The predicted molar refractivity (Wildman–Crippen MR) is 63.9 cm³/mol. The van der Waals surface area contributed by atoms with Gasteiger partial charge in [0.2, 0.25) is 0 Å². The van der Waals surface area contributed by atoms with E-state index in [1.807, 2.05) is 0 Å². The summed E-state index contributed by atoms with van der Waals surface area (Å²) in [5.74, 6) is 0. The summed E-state index contributed by atoms with van der Waals surface area (Å²) in [7, 11) is 0. The molecule has 0 aliphatic carbocycles. The topological polar surface area (TPSA) is 12.0 Å². The number of hydrogen-bond donors (Lipinski definition) is 1. The maximum atomic E-state index is 3.53. The third-order valence-corrected chi connectivity index (χ3v) is 3.34. The first kappa shape index (κ1) is 9.46. The second-order valence-electron chi connectivity index (χ2n) is 3.65. The van der Waals surface area contributed by atoms with Crippen LogP contribution in [-0.2, 0) is 0 Å². The lowest BCUT2D eigenvalue weighted by Crippen LogP contribution is -2.13. The molecule has 1 saturated heterocycles. The lowest BCUT2D eigenvalue weighted by Gasteiger charge is -2.13. The molecule has 0 aromatic heterocycles. The van der Waals surface area contributed by atoms with Gasteiger partial charge in [0.1, 0.15) is 0 Å². The first-order chi connectivity index (χ1) is 6.27. The lowest BCUT2D eigenvalue weighted by molar-refractivity contribution is 0.643. The molecule has 1 N–H and O–H groups in total. The van der Waals surface area contributed by atoms with E-state index in [0.29, 0.717) is 6.04 Å². The molecule has 1 aliphatic heterocycles. The van der Waals surface area contributed by atoms with E-state index in [9.17, 15) is 0 Å². The fourth-order valence-corrected chi connectivity index (χ4v) is 2.63. The summed E-state index contributed by atoms with van der Waals surface area (Å²) >= 11 is 2.36. The van der Waals surface area contributed by atoms with E-state index in [4.69, 9.17) is 0 Å². The normalized spacial score (nSPS) is 22.2. The van der Waals surface area contributed by atoms with Gasteiger partial charge in [-0.25, -0.2) is 0 Å². The first-order valence-corrected chi connectivity index (χ1v) is 5.84. The predicted octanol–water partition coefficient (Wildman–Crippen LogP) is 3.02. The van der Waals surface area contributed by atoms with Crippen LogP contribution in [0, 0.1) is 10.5 Å². The van der Waals surface area contributed by atoms with Crippen molar-refractivity contribution in [3.05, 3.63) is 32.9 Å². The van der Waals surface area contributed by atoms with Gasteiger partial charge in [-0.05, 0) is 72.2 Å². The van der Waals surface area contributed by atoms with Crippen molar-refractivity contribution in [1.29, 1.82) is 0 Å². The van der Waals surface area contributed by atoms with E-state index in [0.717, 1.165) is 0 Å². The highest BCUT2D eigenvalue weighted by Gasteiger charge is 2.17. The van der Waals surface area contributed by atoms with E-state index < -0.39 is 0 Å². The zero-order valence-corrected chi connectivity index (χ0v) is 9.97. The van der Waals surface area contributed by atoms with Gasteiger partial charge in [0.05, 0.1) is 0 Å². The summed E-state index contributed by atoms with van der Waals surface area (Å²) in [6, 6.07) is 7.33. The Morgan fingerprint density at radius 1 is 1.46 bits per heavy atom. The summed E-state index contributed by atoms with van der Waals surface area (Å²) < 4.78 is 1.33. The Labute approximate surface area is 93.1 Å². The van der Waals surface area contributed by atoms with Gasteiger partial charge in [0, 0.05) is 9.61 Å². The van der Waals surface area contributed by atoms with Crippen LogP contribution in [0.25, 0.3) is 0 Å². The SMILES string of the molecule is Cc1cc(I)ccc1[C@@H]1CCCN1. The molecule has 0 amide bonds. The highest BCUT2D eigenvalue weighted by molar-refractivity contribution is 14.1. The summed E-state index contributed by atoms with van der Waals surface area (Å²) in [5, 5.41) is 3.53. The molecule has 1 atom stereocenters. The van der Waals surface area contributed by atoms with Crippen LogP contribution in [0.3, 0.4) is 0 Å². The summed E-state index contributed by atoms with van der Waals surface area (Å²) in [6.07, 6.45) is 2.61. The molecule has 0 bridgehead atoms. The summed E-state index contributed by atoms with van der Waals surface area (Å²) in [5.41, 5.74) is 2.91. The molecule has 2 heteroatoms. The molecule has 1 fully saturated rings. The molecular formula is C11H14IN. The van der Waals surface area contributed by atoms with Gasteiger partial charge in [-0.15, -0.1) is 0 Å². The highest BCUT2D eigenvalue weighted by atomic mass is 127. The number of benzene rings is 1. The molecule has 0 spiro atoms. The van der Waals surface area contributed by atoms with E-state index >= 15 is 0 Å². The van der Waals surface area contributed by atoms with Crippen molar-refractivity contribution in [2.24, 2.45) is 0 Å². The number of nitrogens with one attached hydrogen (secondary N) is 1. The Morgan fingerprint density at radius 3 is 2.92 bits per heavy atom. The van der Waals surface area contributed by atoms with Crippen LogP contribution in [0.2, 0.25) is 0 Å². The molecule has 1 aromatic rings. The molecule has 1 aliphatic rings. The minimum atomic E-state index is 0.608. The third kappa shape index (κ3) is 2.05. The molecule has 0 unspecified atom stereocenters. The summed E-state index contributed by atoms with van der Waals surface area (Å²) in [4.78, 5) is 0. The van der Waals surface area contributed by atoms with E-state index in [-0.39, 0.29) is 0 Å². The second-order valence-corrected chi connectivity index (χ2v) is 4.90. The Bertz CT molecular complexity index is 303. The zero-order valence-electron chi connectivity index (χ0n) is 7.81. The summed E-state index contributed by atoms with van der Waals surface area (Å²) in [6.45, 7) is 3.38. The third-order valence-electron chi connectivity index (χ3n) is 2.67. The van der Waals surface area contributed by atoms with Crippen molar-refractivity contribution in [2.75, 3.05) is 6.54 Å². The molecule has 1 aromatic carbocycles. The van der Waals surface area contributed by atoms with Crippen LogP contribution >= 0.6 is 22.6 Å². The number of halogens is 1. The molecule has 0 saturated carbocycles. The van der Waals surface area contributed by atoms with Gasteiger partial charge in [0.15, 0.2) is 0 Å². The number of hydrogen-bond acceptors (Lipinski definition) is 1. The van der Waals surface area contributed by atoms with Crippen LogP contribution in [0.15, 0.2) is 18.2 Å². The van der Waals surface area contributed by atoms with Crippen molar-refractivity contribution >= 4 is 22.6 Å². The number of rotatable bonds is 1. The maximum Gasteiger partial charge on any atom is 0.0323 e. The first-order valence-electron chi connectivity index (χ1n) is 4.77. The molecule has 1 heterocycles. The fourth-order valence-electron chi connectivity index (χ4n) is 1.98. The van der Waals surface area contributed by atoms with Gasteiger partial charge in [0.25, 0.3) is 0 Å². The van der Waals surface area contributed by atoms with Crippen LogP contribution in [0.4, 0.5) is 0 Å². The molecule has 2 rings (SSSR count). The Morgan fingerprint density at radius 2 is 2.31 bits per heavy atom. The van der Waals surface area contributed by atoms with E-state index in [1.54, 1.807) is 0 Å². The minimum absolute atomic E-state index is 0.608. The monoisotopic (exact) mass is 287 g/mol. The van der Waals surface area contributed by atoms with Gasteiger partial charge >= 0.3 is 0 Å². The largest absolute Gasteiger partial charge is 0.310 e. The van der Waals surface area contributed by atoms with Gasteiger partial charge in [-0.1, -0.05) is 6.07 Å². The van der Waals surface area contributed by atoms with Crippen LogP contribution in [0.5, 0.6) is 0 Å². The second kappa shape index (κ2) is 3.96. The van der Waals surface area contributed by atoms with Crippen molar-refractivity contribution in [1.82, 2.24) is 5.32 Å². The van der Waals surface area contributed by atoms with E-state index in [2.05, 4.69) is 53.0 Å². The molecular weight excluding hydrogens is 273 g/mol. The van der Waals surface area contributed by atoms with Crippen LogP contribution in [-0.4, -0.2) is 6.54 Å². The standard InChI is InChI=1S/C11H14IN/c1-8-7-9(12)4-5-10(8)11-3-2-6-13-11/h4-5,7,11,13H,2-3,6H2,1H3/t11-/m0/s1. The zero-order chi connectivity index (χ0) is 9.26. The average molecular weight is 287 g/mol. The Balaban J connectivity index is 2.29. The Hall–Kier alpha value is -0.0900. The molecule has 13 heavy (non-hydrogen) atoms. The Kier molecular flexibility index (Phi) is 2.89. The smallest absolute Gasteiger partial charge is 0.0323 e. The van der Waals surface area contributed by atoms with Crippen molar-refractivity contribution < 1.29 is 0 Å². The maximum absolute atomic E-state index is 3.53. The lowest BCUT2D eigenvalue weighted by atomic mass is 10.0. The highest BCUT2D eigenvalue weighted by Crippen LogP contribution is 2.26. The van der Waals surface area contributed by atoms with E-state index in [1.165, 1.54) is 34.1 Å². The van der Waals surface area contributed by atoms with Gasteiger partial charge < -0.3 is 5.32 Å². The van der Waals surface area contributed by atoms with Crippen molar-refractivity contribution in [2.45, 2.75) is 25.8 Å². The number of aryl methyl sites for hydroxylation is 1. The molecule has 70 valence electrons. The fraction of sp³-hybridized carbons (Fsp3) is 0.455. The van der Waals surface area contributed by atoms with Crippen molar-refractivity contribution in [3.8, 4) is 0 Å². The quantitative estimate of drug-likeness (QED) is 0.783. The minimum Gasteiger partial charge on any atom is -0.310 e. The van der Waals surface area contributed by atoms with Gasteiger partial charge in [-0.3, -0.25) is 0 Å². The van der Waals surface area contributed by atoms with Crippen LogP contribution < -0.4 is 5.32 Å². The van der Waals surface area contributed by atoms with Gasteiger partial charge in [-0.2, -0.15) is 0 Å². The molecule has 1 nitrogen and oxygen atoms in total. The van der Waals surface area contributed by atoms with Crippen molar-refractivity contribution in [3.63, 3.8) is 0 Å². The van der Waals surface area contributed by atoms with Crippen LogP contribution in [0.1, 0.15) is 30.0 Å². The average Bonchev–Trinajstić information content (AvgIpc) is 2.56.